The van der Waals surface area contributed by atoms with Gasteiger partial charge in [-0.15, -0.1) is 0 Å². The van der Waals surface area contributed by atoms with Crippen LogP contribution in [-0.4, -0.2) is 21.2 Å². The van der Waals surface area contributed by atoms with E-state index in [0.29, 0.717) is 11.3 Å². The monoisotopic (exact) mass is 193 g/mol. The average molecular weight is 193 g/mol. The van der Waals surface area contributed by atoms with Crippen molar-refractivity contribution < 1.29 is 15.0 Å². The van der Waals surface area contributed by atoms with E-state index in [2.05, 4.69) is 4.98 Å². The molecular formula is C10H11NO3. The molecule has 0 spiro atoms. The van der Waals surface area contributed by atoms with Gasteiger partial charge in [0.2, 0.25) is 0 Å². The van der Waals surface area contributed by atoms with Crippen molar-refractivity contribution in [2.45, 2.75) is 25.7 Å². The van der Waals surface area contributed by atoms with Crippen LogP contribution >= 0.6 is 0 Å². The fraction of sp³-hybridized carbons (Fsp3) is 0.400. The lowest BCUT2D eigenvalue weighted by Crippen LogP contribution is -2.04. The van der Waals surface area contributed by atoms with Crippen LogP contribution in [0.15, 0.2) is 6.20 Å². The molecule has 0 radical (unpaired) electrons. The molecule has 1 aliphatic carbocycles. The zero-order valence-corrected chi connectivity index (χ0v) is 7.82. The number of rotatable bonds is 2. The number of aromatic nitrogens is 1. The molecule has 1 saturated carbocycles. The van der Waals surface area contributed by atoms with Crippen LogP contribution in [0.25, 0.3) is 0 Å². The van der Waals surface area contributed by atoms with Gasteiger partial charge in [0, 0.05) is 6.20 Å². The van der Waals surface area contributed by atoms with E-state index in [0.717, 1.165) is 12.8 Å². The van der Waals surface area contributed by atoms with Gasteiger partial charge < -0.3 is 10.2 Å². The van der Waals surface area contributed by atoms with Crippen LogP contribution in [0.4, 0.5) is 0 Å². The molecule has 1 heterocycles. The Morgan fingerprint density at radius 3 is 2.71 bits per heavy atom. The molecule has 14 heavy (non-hydrogen) atoms. The number of hydrogen-bond acceptors (Lipinski definition) is 3. The molecule has 4 heteroatoms. The molecule has 0 aliphatic heterocycles. The Balaban J connectivity index is 2.59. The van der Waals surface area contributed by atoms with E-state index in [4.69, 9.17) is 5.11 Å². The van der Waals surface area contributed by atoms with Gasteiger partial charge in [0.1, 0.15) is 5.56 Å². The van der Waals surface area contributed by atoms with Crippen LogP contribution in [0, 0.1) is 6.92 Å². The first-order valence-electron chi connectivity index (χ1n) is 4.53. The molecule has 4 nitrogen and oxygen atoms in total. The van der Waals surface area contributed by atoms with Crippen molar-refractivity contribution in [2.24, 2.45) is 0 Å². The number of aromatic hydroxyl groups is 1. The normalized spacial score (nSPS) is 15.5. The molecule has 1 aromatic heterocycles. The summed E-state index contributed by atoms with van der Waals surface area (Å²) in [6.07, 6.45) is 3.55. The topological polar surface area (TPSA) is 70.4 Å². The van der Waals surface area contributed by atoms with Crippen LogP contribution in [0.3, 0.4) is 0 Å². The maximum absolute atomic E-state index is 10.9. The lowest BCUT2D eigenvalue weighted by atomic mass is 10.0. The van der Waals surface area contributed by atoms with Gasteiger partial charge in [-0.25, -0.2) is 4.79 Å². The predicted molar refractivity (Wildman–Crippen MR) is 49.6 cm³/mol. The van der Waals surface area contributed by atoms with Crippen LogP contribution < -0.4 is 0 Å². The van der Waals surface area contributed by atoms with Crippen molar-refractivity contribution >= 4 is 5.97 Å². The molecular weight excluding hydrogens is 182 g/mol. The highest BCUT2D eigenvalue weighted by Crippen LogP contribution is 2.43. The summed E-state index contributed by atoms with van der Waals surface area (Å²) in [5, 5.41) is 18.5. The van der Waals surface area contributed by atoms with Crippen LogP contribution in [0.5, 0.6) is 5.75 Å². The molecule has 1 fully saturated rings. The molecule has 1 aromatic rings. The summed E-state index contributed by atoms with van der Waals surface area (Å²) in [6, 6.07) is 0. The minimum absolute atomic E-state index is 0.0278. The Labute approximate surface area is 81.2 Å². The van der Waals surface area contributed by atoms with E-state index < -0.39 is 5.97 Å². The molecule has 0 aromatic carbocycles. The second-order valence-electron chi connectivity index (χ2n) is 3.60. The lowest BCUT2D eigenvalue weighted by molar-refractivity contribution is 0.0692. The van der Waals surface area contributed by atoms with Gasteiger partial charge >= 0.3 is 5.97 Å². The molecule has 1 aliphatic rings. The van der Waals surface area contributed by atoms with Gasteiger partial charge in [0.15, 0.2) is 5.75 Å². The third-order valence-corrected chi connectivity index (χ3v) is 2.50. The number of hydrogen-bond donors (Lipinski definition) is 2. The summed E-state index contributed by atoms with van der Waals surface area (Å²) < 4.78 is 0. The quantitative estimate of drug-likeness (QED) is 0.749. The van der Waals surface area contributed by atoms with E-state index >= 15 is 0 Å². The summed E-state index contributed by atoms with van der Waals surface area (Å²) >= 11 is 0. The molecule has 0 saturated heterocycles. The number of pyridine rings is 1. The zero-order chi connectivity index (χ0) is 10.3. The van der Waals surface area contributed by atoms with E-state index in [1.807, 2.05) is 0 Å². The number of carboxylic acids is 1. The molecule has 0 atom stereocenters. The Morgan fingerprint density at radius 1 is 1.57 bits per heavy atom. The van der Waals surface area contributed by atoms with Gasteiger partial charge in [-0.3, -0.25) is 4.98 Å². The Hall–Kier alpha value is -1.58. The molecule has 0 bridgehead atoms. The van der Waals surface area contributed by atoms with Gasteiger partial charge in [0.05, 0.1) is 5.69 Å². The van der Waals surface area contributed by atoms with Crippen molar-refractivity contribution in [1.29, 1.82) is 0 Å². The maximum Gasteiger partial charge on any atom is 0.339 e. The molecule has 0 amide bonds. The second-order valence-corrected chi connectivity index (χ2v) is 3.60. The minimum atomic E-state index is -1.07. The minimum Gasteiger partial charge on any atom is -0.505 e. The van der Waals surface area contributed by atoms with E-state index in [1.165, 1.54) is 0 Å². The Bertz CT molecular complexity index is 397. The summed E-state index contributed by atoms with van der Waals surface area (Å²) in [5.74, 6) is -0.989. The number of carbonyl (C=O) groups is 1. The summed E-state index contributed by atoms with van der Waals surface area (Å²) in [7, 11) is 0. The maximum atomic E-state index is 10.9. The predicted octanol–water partition coefficient (Wildman–Crippen LogP) is 1.67. The summed E-state index contributed by atoms with van der Waals surface area (Å²) in [6.45, 7) is 1.60. The van der Waals surface area contributed by atoms with Crippen molar-refractivity contribution in [3.8, 4) is 5.75 Å². The Kier molecular flexibility index (Phi) is 1.91. The third-order valence-electron chi connectivity index (χ3n) is 2.50. The highest BCUT2D eigenvalue weighted by molar-refractivity contribution is 5.93. The van der Waals surface area contributed by atoms with Crippen molar-refractivity contribution in [3.05, 3.63) is 23.0 Å². The van der Waals surface area contributed by atoms with Gasteiger partial charge in [-0.05, 0) is 31.2 Å². The largest absolute Gasteiger partial charge is 0.505 e. The van der Waals surface area contributed by atoms with Gasteiger partial charge in [-0.2, -0.15) is 0 Å². The first-order chi connectivity index (χ1) is 6.61. The highest BCUT2D eigenvalue weighted by atomic mass is 16.4. The van der Waals surface area contributed by atoms with Crippen LogP contribution in [0.2, 0.25) is 0 Å². The first-order valence-corrected chi connectivity index (χ1v) is 4.53. The van der Waals surface area contributed by atoms with E-state index in [-0.39, 0.29) is 17.2 Å². The molecule has 74 valence electrons. The highest BCUT2D eigenvalue weighted by Gasteiger charge is 2.30. The molecule has 0 unspecified atom stereocenters. The van der Waals surface area contributed by atoms with Crippen molar-refractivity contribution in [3.63, 3.8) is 0 Å². The number of nitrogens with zero attached hydrogens (tertiary/aromatic N) is 1. The smallest absolute Gasteiger partial charge is 0.339 e. The lowest BCUT2D eigenvalue weighted by Gasteiger charge is -2.07. The van der Waals surface area contributed by atoms with E-state index in [9.17, 15) is 9.90 Å². The summed E-state index contributed by atoms with van der Waals surface area (Å²) in [5.41, 5.74) is 1.06. The first kappa shape index (κ1) is 8.99. The zero-order valence-electron chi connectivity index (χ0n) is 7.82. The number of carboxylic acid groups (broad SMARTS) is 1. The van der Waals surface area contributed by atoms with E-state index in [1.54, 1.807) is 13.1 Å². The van der Waals surface area contributed by atoms with Gasteiger partial charge in [-0.1, -0.05) is 0 Å². The number of aromatic carboxylic acids is 1. The average Bonchev–Trinajstić information content (AvgIpc) is 2.91. The van der Waals surface area contributed by atoms with Crippen LogP contribution in [0.1, 0.15) is 40.4 Å². The van der Waals surface area contributed by atoms with Crippen LogP contribution in [-0.2, 0) is 0 Å². The number of aryl methyl sites for hydroxylation is 1. The fourth-order valence-corrected chi connectivity index (χ4v) is 1.54. The summed E-state index contributed by atoms with van der Waals surface area (Å²) in [4.78, 5) is 14.9. The Morgan fingerprint density at radius 2 is 2.21 bits per heavy atom. The SMILES string of the molecule is Cc1ncc(C2CC2)c(C(=O)O)c1O. The fourth-order valence-electron chi connectivity index (χ4n) is 1.54. The van der Waals surface area contributed by atoms with Crippen molar-refractivity contribution in [2.75, 3.05) is 0 Å². The third kappa shape index (κ3) is 1.32. The molecule has 2 rings (SSSR count). The van der Waals surface area contributed by atoms with Crippen molar-refractivity contribution in [1.82, 2.24) is 4.98 Å². The van der Waals surface area contributed by atoms with Gasteiger partial charge in [0.25, 0.3) is 0 Å². The standard InChI is InChI=1S/C10H11NO3/c1-5-9(12)8(10(13)14)7(4-11-5)6-2-3-6/h4,6,12H,2-3H2,1H3,(H,13,14). The second kappa shape index (κ2) is 2.97. The molecule has 2 N–H and O–H groups in total.